The zero-order valence-corrected chi connectivity index (χ0v) is 12.6. The summed E-state index contributed by atoms with van der Waals surface area (Å²) in [5.74, 6) is -0.0616. The Morgan fingerprint density at radius 2 is 1.50 bits per heavy atom. The number of carbonyl (C=O) groups is 1. The summed E-state index contributed by atoms with van der Waals surface area (Å²) in [5.41, 5.74) is 12.3. The minimum Gasteiger partial charge on any atom is -0.399 e. The third-order valence-corrected chi connectivity index (χ3v) is 3.21. The van der Waals surface area contributed by atoms with E-state index in [0.29, 0.717) is 30.0 Å². The van der Waals surface area contributed by atoms with Crippen LogP contribution >= 0.6 is 0 Å². The number of ether oxygens (including phenoxy) is 1. The number of anilines is 2. The second-order valence-electron chi connectivity index (χ2n) is 6.67. The summed E-state index contributed by atoms with van der Waals surface area (Å²) in [4.78, 5) is 14.4. The average Bonchev–Trinajstić information content (AvgIpc) is 2.22. The molecule has 1 saturated heterocycles. The fraction of sp³-hybridized carbons (Fsp3) is 0.533. The number of benzene rings is 1. The van der Waals surface area contributed by atoms with Crippen LogP contribution in [0.5, 0.6) is 0 Å². The number of nitrogen functional groups attached to an aromatic ring is 2. The minimum atomic E-state index is -0.372. The van der Waals surface area contributed by atoms with E-state index in [-0.39, 0.29) is 17.1 Å². The molecule has 0 radical (unpaired) electrons. The first-order valence-corrected chi connectivity index (χ1v) is 6.73. The number of hydrogen-bond donors (Lipinski definition) is 2. The van der Waals surface area contributed by atoms with Crippen LogP contribution in [0.2, 0.25) is 0 Å². The summed E-state index contributed by atoms with van der Waals surface area (Å²) in [6.45, 7) is 9.04. The van der Waals surface area contributed by atoms with Crippen molar-refractivity contribution in [3.8, 4) is 0 Å². The lowest BCUT2D eigenvalue weighted by Gasteiger charge is -2.47. The van der Waals surface area contributed by atoms with Crippen molar-refractivity contribution in [3.63, 3.8) is 0 Å². The van der Waals surface area contributed by atoms with Crippen LogP contribution in [0, 0.1) is 0 Å². The van der Waals surface area contributed by atoms with Gasteiger partial charge in [0.2, 0.25) is 0 Å². The predicted octanol–water partition coefficient (Wildman–Crippen LogP) is 1.88. The highest BCUT2D eigenvalue weighted by Crippen LogP contribution is 2.29. The number of amides is 1. The summed E-state index contributed by atoms with van der Waals surface area (Å²) in [5, 5.41) is 0. The average molecular weight is 277 g/mol. The Bertz CT molecular complexity index is 502. The molecule has 0 bridgehead atoms. The third-order valence-electron chi connectivity index (χ3n) is 3.21. The molecule has 0 aliphatic carbocycles. The molecular formula is C15H23N3O2. The topological polar surface area (TPSA) is 81.6 Å². The number of rotatable bonds is 1. The Hall–Kier alpha value is -1.75. The van der Waals surface area contributed by atoms with Crippen molar-refractivity contribution in [2.45, 2.75) is 38.9 Å². The highest BCUT2D eigenvalue weighted by Gasteiger charge is 2.40. The van der Waals surface area contributed by atoms with Crippen LogP contribution in [-0.2, 0) is 4.74 Å². The first-order chi connectivity index (χ1) is 9.08. The van der Waals surface area contributed by atoms with E-state index in [1.54, 1.807) is 23.1 Å². The van der Waals surface area contributed by atoms with Gasteiger partial charge in [-0.3, -0.25) is 4.79 Å². The van der Waals surface area contributed by atoms with E-state index in [9.17, 15) is 4.79 Å². The molecule has 4 N–H and O–H groups in total. The van der Waals surface area contributed by atoms with Crippen LogP contribution in [0.15, 0.2) is 18.2 Å². The van der Waals surface area contributed by atoms with Crippen molar-refractivity contribution in [2.24, 2.45) is 0 Å². The molecule has 1 aliphatic heterocycles. The van der Waals surface area contributed by atoms with Crippen LogP contribution in [0.25, 0.3) is 0 Å². The van der Waals surface area contributed by atoms with Crippen LogP contribution in [0.4, 0.5) is 11.4 Å². The summed E-state index contributed by atoms with van der Waals surface area (Å²) in [6, 6.07) is 4.96. The largest absolute Gasteiger partial charge is 0.399 e. The molecule has 0 aromatic heterocycles. The molecule has 1 fully saturated rings. The van der Waals surface area contributed by atoms with E-state index >= 15 is 0 Å². The van der Waals surface area contributed by atoms with Crippen molar-refractivity contribution < 1.29 is 9.53 Å². The molecule has 1 heterocycles. The second kappa shape index (κ2) is 4.66. The number of nitrogens with two attached hydrogens (primary N) is 2. The number of hydrogen-bond acceptors (Lipinski definition) is 4. The number of morpholine rings is 1. The number of nitrogens with zero attached hydrogens (tertiary/aromatic N) is 1. The molecule has 1 amide bonds. The fourth-order valence-corrected chi connectivity index (χ4v) is 2.91. The van der Waals surface area contributed by atoms with Crippen molar-refractivity contribution in [1.29, 1.82) is 0 Å². The van der Waals surface area contributed by atoms with Gasteiger partial charge in [0.25, 0.3) is 5.91 Å². The molecule has 20 heavy (non-hydrogen) atoms. The van der Waals surface area contributed by atoms with Crippen LogP contribution < -0.4 is 11.5 Å². The number of carbonyl (C=O) groups excluding carboxylic acids is 1. The maximum atomic E-state index is 12.6. The zero-order valence-electron chi connectivity index (χ0n) is 12.6. The molecule has 1 aromatic carbocycles. The van der Waals surface area contributed by atoms with E-state index in [1.165, 1.54) is 0 Å². The molecule has 0 saturated carbocycles. The van der Waals surface area contributed by atoms with E-state index in [1.807, 2.05) is 27.7 Å². The van der Waals surface area contributed by atoms with Crippen LogP contribution in [0.3, 0.4) is 0 Å². The fourth-order valence-electron chi connectivity index (χ4n) is 2.91. The highest BCUT2D eigenvalue weighted by molar-refractivity contribution is 5.96. The van der Waals surface area contributed by atoms with Crippen molar-refractivity contribution in [3.05, 3.63) is 23.8 Å². The summed E-state index contributed by atoms with van der Waals surface area (Å²) >= 11 is 0. The molecule has 5 nitrogen and oxygen atoms in total. The first-order valence-electron chi connectivity index (χ1n) is 6.73. The second-order valence-corrected chi connectivity index (χ2v) is 6.67. The van der Waals surface area contributed by atoms with Gasteiger partial charge in [-0.15, -0.1) is 0 Å². The van der Waals surface area contributed by atoms with Gasteiger partial charge < -0.3 is 21.1 Å². The highest BCUT2D eigenvalue weighted by atomic mass is 16.5. The van der Waals surface area contributed by atoms with Gasteiger partial charge in [-0.05, 0) is 45.9 Å². The first kappa shape index (κ1) is 14.7. The molecule has 0 atom stereocenters. The Labute approximate surface area is 119 Å². The molecule has 1 aromatic rings. The van der Waals surface area contributed by atoms with E-state index in [2.05, 4.69) is 0 Å². The van der Waals surface area contributed by atoms with Crippen molar-refractivity contribution in [1.82, 2.24) is 4.90 Å². The molecular weight excluding hydrogens is 254 g/mol. The lowest BCUT2D eigenvalue weighted by atomic mass is 9.98. The van der Waals surface area contributed by atoms with Crippen LogP contribution in [0.1, 0.15) is 38.1 Å². The molecule has 2 rings (SSSR count). The monoisotopic (exact) mass is 277 g/mol. The normalized spacial score (nSPS) is 20.7. The summed E-state index contributed by atoms with van der Waals surface area (Å²) in [7, 11) is 0. The zero-order chi connectivity index (χ0) is 15.1. The van der Waals surface area contributed by atoms with Crippen LogP contribution in [-0.4, -0.2) is 35.1 Å². The van der Waals surface area contributed by atoms with Gasteiger partial charge in [0.05, 0.1) is 11.2 Å². The molecule has 0 spiro atoms. The Kier molecular flexibility index (Phi) is 3.42. The van der Waals surface area contributed by atoms with E-state index in [0.717, 1.165) is 0 Å². The lowest BCUT2D eigenvalue weighted by molar-refractivity contribution is -0.171. The molecule has 1 aliphatic rings. The van der Waals surface area contributed by atoms with Gasteiger partial charge in [0.15, 0.2) is 0 Å². The van der Waals surface area contributed by atoms with E-state index in [4.69, 9.17) is 16.2 Å². The van der Waals surface area contributed by atoms with Gasteiger partial charge >= 0.3 is 0 Å². The Balaban J connectivity index is 2.28. The van der Waals surface area contributed by atoms with Crippen molar-refractivity contribution in [2.75, 3.05) is 24.6 Å². The molecule has 110 valence electrons. The SMILES string of the molecule is CC1(C)CN(C(=O)c2cc(N)cc(N)c2)CC(C)(C)O1. The lowest BCUT2D eigenvalue weighted by Crippen LogP contribution is -2.58. The van der Waals surface area contributed by atoms with Gasteiger partial charge in [0.1, 0.15) is 0 Å². The summed E-state index contributed by atoms with van der Waals surface area (Å²) < 4.78 is 5.98. The van der Waals surface area contributed by atoms with Gasteiger partial charge in [-0.1, -0.05) is 0 Å². The smallest absolute Gasteiger partial charge is 0.254 e. The molecule has 5 heteroatoms. The van der Waals surface area contributed by atoms with Gasteiger partial charge in [-0.25, -0.2) is 0 Å². The quantitative estimate of drug-likeness (QED) is 0.768. The minimum absolute atomic E-state index is 0.0616. The maximum Gasteiger partial charge on any atom is 0.254 e. The van der Waals surface area contributed by atoms with Crippen molar-refractivity contribution >= 4 is 17.3 Å². The Morgan fingerprint density at radius 1 is 1.05 bits per heavy atom. The maximum absolute atomic E-state index is 12.6. The summed E-state index contributed by atoms with van der Waals surface area (Å²) in [6.07, 6.45) is 0. The van der Waals surface area contributed by atoms with Gasteiger partial charge in [0, 0.05) is 30.0 Å². The molecule has 0 unspecified atom stereocenters. The standard InChI is InChI=1S/C15H23N3O2/c1-14(2)8-18(9-15(3,4)20-14)13(19)10-5-11(16)7-12(17)6-10/h5-7H,8-9,16-17H2,1-4H3. The Morgan fingerprint density at radius 3 is 1.95 bits per heavy atom. The van der Waals surface area contributed by atoms with Gasteiger partial charge in [-0.2, -0.15) is 0 Å². The predicted molar refractivity (Wildman–Crippen MR) is 80.4 cm³/mol. The third kappa shape index (κ3) is 3.22. The van der Waals surface area contributed by atoms with E-state index < -0.39 is 0 Å².